The van der Waals surface area contributed by atoms with E-state index in [1.165, 1.54) is 5.56 Å². The van der Waals surface area contributed by atoms with Crippen LogP contribution >= 0.6 is 11.8 Å². The van der Waals surface area contributed by atoms with Gasteiger partial charge in [0, 0.05) is 6.42 Å². The Labute approximate surface area is 113 Å². The molecule has 1 aliphatic heterocycles. The standard InChI is InChI=1S/C15H20O2S/c1-11(13-6-4-3-5-7-13)10-14(16)15-17-12(2)8-9-18-15/h3-7,11-12,15H,8-10H2,1-2H3/t11-,12+,15-/m1/s1. The predicted molar refractivity (Wildman–Crippen MR) is 75.9 cm³/mol. The number of Topliss-reactive ketones (excluding diaryl/α,β-unsaturated/α-hetero) is 1. The van der Waals surface area contributed by atoms with E-state index >= 15 is 0 Å². The number of carbonyl (C=O) groups is 1. The van der Waals surface area contributed by atoms with E-state index in [1.54, 1.807) is 11.8 Å². The van der Waals surface area contributed by atoms with E-state index < -0.39 is 0 Å². The molecule has 2 nitrogen and oxygen atoms in total. The van der Waals surface area contributed by atoms with Crippen LogP contribution in [0.2, 0.25) is 0 Å². The Hall–Kier alpha value is -0.800. The van der Waals surface area contributed by atoms with E-state index in [9.17, 15) is 4.79 Å². The summed E-state index contributed by atoms with van der Waals surface area (Å²) in [6.45, 7) is 4.14. The molecular formula is C15H20O2S. The highest BCUT2D eigenvalue weighted by atomic mass is 32.2. The number of ketones is 1. The maximum atomic E-state index is 12.2. The van der Waals surface area contributed by atoms with Crippen molar-refractivity contribution in [3.8, 4) is 0 Å². The highest BCUT2D eigenvalue weighted by Crippen LogP contribution is 2.28. The summed E-state index contributed by atoms with van der Waals surface area (Å²) in [5, 5.41) is 0. The third-order valence-corrected chi connectivity index (χ3v) is 4.44. The normalized spacial score (nSPS) is 25.7. The number of ether oxygens (including phenoxy) is 1. The smallest absolute Gasteiger partial charge is 0.172 e. The molecule has 98 valence electrons. The second kappa shape index (κ2) is 6.39. The maximum Gasteiger partial charge on any atom is 0.172 e. The quantitative estimate of drug-likeness (QED) is 0.831. The third kappa shape index (κ3) is 3.59. The van der Waals surface area contributed by atoms with Crippen LogP contribution in [0.1, 0.15) is 38.2 Å². The summed E-state index contributed by atoms with van der Waals surface area (Å²) >= 11 is 1.64. The molecule has 18 heavy (non-hydrogen) atoms. The largest absolute Gasteiger partial charge is 0.357 e. The Bertz CT molecular complexity index is 391. The zero-order valence-corrected chi connectivity index (χ0v) is 11.8. The molecule has 2 rings (SSSR count). The Morgan fingerprint density at radius 1 is 1.44 bits per heavy atom. The first-order valence-electron chi connectivity index (χ1n) is 6.51. The minimum atomic E-state index is -0.250. The van der Waals surface area contributed by atoms with Crippen molar-refractivity contribution in [1.82, 2.24) is 0 Å². The number of carbonyl (C=O) groups excluding carboxylic acids is 1. The van der Waals surface area contributed by atoms with Crippen molar-refractivity contribution >= 4 is 17.5 Å². The Morgan fingerprint density at radius 3 is 2.83 bits per heavy atom. The van der Waals surface area contributed by atoms with Crippen LogP contribution in [0, 0.1) is 0 Å². The van der Waals surface area contributed by atoms with Gasteiger partial charge in [-0.15, -0.1) is 11.8 Å². The van der Waals surface area contributed by atoms with Crippen molar-refractivity contribution in [3.63, 3.8) is 0 Å². The van der Waals surface area contributed by atoms with Crippen LogP contribution in [0.5, 0.6) is 0 Å². The first-order valence-corrected chi connectivity index (χ1v) is 7.56. The number of rotatable bonds is 4. The van der Waals surface area contributed by atoms with E-state index in [2.05, 4.69) is 19.1 Å². The van der Waals surface area contributed by atoms with Gasteiger partial charge in [0.25, 0.3) is 0 Å². The van der Waals surface area contributed by atoms with Gasteiger partial charge in [0.15, 0.2) is 11.2 Å². The Balaban J connectivity index is 1.91. The molecule has 3 heteroatoms. The van der Waals surface area contributed by atoms with Gasteiger partial charge in [-0.1, -0.05) is 37.3 Å². The molecule has 0 unspecified atom stereocenters. The third-order valence-electron chi connectivity index (χ3n) is 3.29. The fourth-order valence-electron chi connectivity index (χ4n) is 2.13. The van der Waals surface area contributed by atoms with Crippen LogP contribution in [-0.4, -0.2) is 23.1 Å². The lowest BCUT2D eigenvalue weighted by molar-refractivity contribution is -0.128. The van der Waals surface area contributed by atoms with Crippen LogP contribution in [0.4, 0.5) is 0 Å². The van der Waals surface area contributed by atoms with Crippen LogP contribution in [0.15, 0.2) is 30.3 Å². The summed E-state index contributed by atoms with van der Waals surface area (Å²) < 4.78 is 5.70. The van der Waals surface area contributed by atoms with Gasteiger partial charge in [-0.3, -0.25) is 4.79 Å². The molecule has 0 aromatic heterocycles. The first kappa shape index (κ1) is 13.6. The molecule has 0 saturated carbocycles. The average Bonchev–Trinajstić information content (AvgIpc) is 2.39. The van der Waals surface area contributed by atoms with Gasteiger partial charge in [0.1, 0.15) is 0 Å². The highest BCUT2D eigenvalue weighted by molar-refractivity contribution is 8.00. The summed E-state index contributed by atoms with van der Waals surface area (Å²) in [6.07, 6.45) is 1.82. The van der Waals surface area contributed by atoms with Crippen molar-refractivity contribution in [2.24, 2.45) is 0 Å². The minimum absolute atomic E-state index is 0.215. The van der Waals surface area contributed by atoms with E-state index in [0.29, 0.717) is 6.42 Å². The molecule has 0 aliphatic carbocycles. The van der Waals surface area contributed by atoms with Crippen LogP contribution < -0.4 is 0 Å². The molecule has 0 amide bonds. The summed E-state index contributed by atoms with van der Waals surface area (Å²) in [5.41, 5.74) is 0.972. The number of hydrogen-bond donors (Lipinski definition) is 0. The topological polar surface area (TPSA) is 26.3 Å². The molecule has 1 fully saturated rings. The number of hydrogen-bond acceptors (Lipinski definition) is 3. The first-order chi connectivity index (χ1) is 8.66. The van der Waals surface area contributed by atoms with Crippen molar-refractivity contribution in [1.29, 1.82) is 0 Å². The van der Waals surface area contributed by atoms with Gasteiger partial charge in [-0.2, -0.15) is 0 Å². The fourth-order valence-corrected chi connectivity index (χ4v) is 3.36. The zero-order chi connectivity index (χ0) is 13.0. The lowest BCUT2D eigenvalue weighted by Crippen LogP contribution is -2.31. The van der Waals surface area contributed by atoms with Gasteiger partial charge >= 0.3 is 0 Å². The molecule has 1 heterocycles. The van der Waals surface area contributed by atoms with E-state index in [4.69, 9.17) is 4.74 Å². The summed E-state index contributed by atoms with van der Waals surface area (Å²) in [7, 11) is 0. The van der Waals surface area contributed by atoms with Crippen molar-refractivity contribution in [2.75, 3.05) is 5.75 Å². The van der Waals surface area contributed by atoms with E-state index in [0.717, 1.165) is 12.2 Å². The van der Waals surface area contributed by atoms with Crippen molar-refractivity contribution in [3.05, 3.63) is 35.9 Å². The second-order valence-electron chi connectivity index (χ2n) is 4.92. The summed E-state index contributed by atoms with van der Waals surface area (Å²) in [4.78, 5) is 12.2. The van der Waals surface area contributed by atoms with Gasteiger partial charge in [0.2, 0.25) is 0 Å². The van der Waals surface area contributed by atoms with Crippen LogP contribution in [0.25, 0.3) is 0 Å². The lowest BCUT2D eigenvalue weighted by atomic mass is 9.96. The van der Waals surface area contributed by atoms with E-state index in [-0.39, 0.29) is 23.2 Å². The van der Waals surface area contributed by atoms with Crippen molar-refractivity contribution < 1.29 is 9.53 Å². The average molecular weight is 264 g/mol. The SMILES string of the molecule is C[C@H](CC(=O)[C@@H]1O[C@@H](C)CCS1)c1ccccc1. The highest BCUT2D eigenvalue weighted by Gasteiger charge is 2.27. The molecule has 0 spiro atoms. The van der Waals surface area contributed by atoms with Gasteiger partial charge in [-0.25, -0.2) is 0 Å². The number of thioether (sulfide) groups is 1. The maximum absolute atomic E-state index is 12.2. The molecule has 1 aliphatic rings. The van der Waals surface area contributed by atoms with Crippen LogP contribution in [-0.2, 0) is 9.53 Å². The molecule has 3 atom stereocenters. The monoisotopic (exact) mass is 264 g/mol. The van der Waals surface area contributed by atoms with Gasteiger partial charge in [0.05, 0.1) is 6.10 Å². The lowest BCUT2D eigenvalue weighted by Gasteiger charge is -2.27. The Kier molecular flexibility index (Phi) is 4.84. The zero-order valence-electron chi connectivity index (χ0n) is 11.0. The Morgan fingerprint density at radius 2 is 2.17 bits per heavy atom. The molecule has 0 bridgehead atoms. The summed E-state index contributed by atoms with van der Waals surface area (Å²) in [6, 6.07) is 10.2. The van der Waals surface area contributed by atoms with Gasteiger partial charge in [-0.05, 0) is 30.6 Å². The molecule has 1 saturated heterocycles. The second-order valence-corrected chi connectivity index (χ2v) is 6.09. The van der Waals surface area contributed by atoms with Crippen LogP contribution in [0.3, 0.4) is 0 Å². The molecular weight excluding hydrogens is 244 g/mol. The molecule has 0 radical (unpaired) electrons. The molecule has 1 aromatic rings. The fraction of sp³-hybridized carbons (Fsp3) is 0.533. The summed E-state index contributed by atoms with van der Waals surface area (Å²) in [5.74, 6) is 1.51. The van der Waals surface area contributed by atoms with Gasteiger partial charge < -0.3 is 4.74 Å². The predicted octanol–water partition coefficient (Wildman–Crippen LogP) is 3.62. The van der Waals surface area contributed by atoms with E-state index in [1.807, 2.05) is 25.1 Å². The minimum Gasteiger partial charge on any atom is -0.357 e. The number of benzene rings is 1. The van der Waals surface area contributed by atoms with Crippen molar-refractivity contribution in [2.45, 2.75) is 44.1 Å². The molecule has 0 N–H and O–H groups in total. The molecule has 1 aromatic carbocycles.